The third-order valence-corrected chi connectivity index (χ3v) is 6.57. The minimum atomic E-state index is -4.74. The normalized spacial score (nSPS) is 21.7. The van der Waals surface area contributed by atoms with Crippen LogP contribution >= 0.6 is 15.9 Å². The number of anilines is 1. The Kier molecular flexibility index (Phi) is 6.61. The van der Waals surface area contributed by atoms with E-state index in [1.807, 2.05) is 43.3 Å². The van der Waals surface area contributed by atoms with Crippen molar-refractivity contribution in [1.29, 1.82) is 0 Å². The van der Waals surface area contributed by atoms with Crippen LogP contribution in [-0.4, -0.2) is 55.0 Å². The van der Waals surface area contributed by atoms with Crippen molar-refractivity contribution in [3.8, 4) is 5.75 Å². The molecule has 2 aliphatic heterocycles. The molecule has 0 saturated carbocycles. The van der Waals surface area contributed by atoms with Gasteiger partial charge in [-0.3, -0.25) is 10.6 Å². The fourth-order valence-electron chi connectivity index (χ4n) is 4.45. The summed E-state index contributed by atoms with van der Waals surface area (Å²) in [6, 6.07) is 12.7. The van der Waals surface area contributed by atoms with Crippen LogP contribution in [0.25, 0.3) is 0 Å². The van der Waals surface area contributed by atoms with Crippen LogP contribution in [0.4, 0.5) is 18.9 Å². The Morgan fingerprint density at radius 1 is 1.21 bits per heavy atom. The van der Waals surface area contributed by atoms with Crippen molar-refractivity contribution in [2.45, 2.75) is 31.5 Å². The Balaban J connectivity index is 1.46. The molecular formula is C23H27BrF3N5O. The highest BCUT2D eigenvalue weighted by Gasteiger charge is 2.41. The lowest BCUT2D eigenvalue weighted by atomic mass is 9.88. The maximum absolute atomic E-state index is 12.8. The molecule has 0 spiro atoms. The van der Waals surface area contributed by atoms with Gasteiger partial charge < -0.3 is 15.0 Å². The topological polar surface area (TPSA) is 66.1 Å². The van der Waals surface area contributed by atoms with Crippen molar-refractivity contribution >= 4 is 27.5 Å². The van der Waals surface area contributed by atoms with E-state index in [0.717, 1.165) is 29.9 Å². The van der Waals surface area contributed by atoms with E-state index < -0.39 is 12.1 Å². The van der Waals surface area contributed by atoms with Gasteiger partial charge in [-0.15, -0.1) is 13.2 Å². The van der Waals surface area contributed by atoms with Crippen LogP contribution in [0.1, 0.15) is 24.0 Å². The molecule has 178 valence electrons. The second-order valence-electron chi connectivity index (χ2n) is 8.68. The van der Waals surface area contributed by atoms with E-state index in [1.54, 1.807) is 12.1 Å². The largest absolute Gasteiger partial charge is 0.573 e. The summed E-state index contributed by atoms with van der Waals surface area (Å²) < 4.78 is 43.3. The molecule has 33 heavy (non-hydrogen) atoms. The summed E-state index contributed by atoms with van der Waals surface area (Å²) in [5.41, 5.74) is 9.24. The highest BCUT2D eigenvalue weighted by Crippen LogP contribution is 2.36. The average molecular weight is 526 g/mol. The Labute approximate surface area is 199 Å². The number of likely N-dealkylation sites (tertiary alicyclic amines) is 1. The predicted octanol–water partition coefficient (Wildman–Crippen LogP) is 4.61. The fraction of sp³-hybridized carbons (Fsp3) is 0.435. The lowest BCUT2D eigenvalue weighted by Crippen LogP contribution is -2.58. The molecule has 4 rings (SSSR count). The van der Waals surface area contributed by atoms with E-state index in [-0.39, 0.29) is 11.7 Å². The van der Waals surface area contributed by atoms with Crippen molar-refractivity contribution in [3.63, 3.8) is 0 Å². The van der Waals surface area contributed by atoms with Crippen molar-refractivity contribution in [1.82, 2.24) is 9.80 Å². The van der Waals surface area contributed by atoms with Gasteiger partial charge in [-0.1, -0.05) is 34.1 Å². The molecule has 0 radical (unpaired) electrons. The van der Waals surface area contributed by atoms with Gasteiger partial charge in [0.15, 0.2) is 5.79 Å². The first-order valence-electron chi connectivity index (χ1n) is 10.7. The number of amidine groups is 1. The fourth-order valence-corrected chi connectivity index (χ4v) is 4.79. The summed E-state index contributed by atoms with van der Waals surface area (Å²) >= 11 is 3.22. The zero-order valence-electron chi connectivity index (χ0n) is 18.5. The van der Waals surface area contributed by atoms with Crippen LogP contribution in [0, 0.1) is 5.92 Å². The van der Waals surface area contributed by atoms with Gasteiger partial charge in [-0.2, -0.15) is 0 Å². The maximum atomic E-state index is 12.8. The number of nitrogens with zero attached hydrogens (tertiary/aromatic N) is 3. The second kappa shape index (κ2) is 9.15. The second-order valence-corrected chi connectivity index (χ2v) is 9.59. The van der Waals surface area contributed by atoms with Gasteiger partial charge in [-0.25, -0.2) is 4.99 Å². The van der Waals surface area contributed by atoms with E-state index in [2.05, 4.69) is 30.9 Å². The third-order valence-electron chi connectivity index (χ3n) is 6.08. The number of benzene rings is 2. The van der Waals surface area contributed by atoms with E-state index in [4.69, 9.17) is 10.7 Å². The quantitative estimate of drug-likeness (QED) is 0.610. The molecule has 0 bridgehead atoms. The number of ether oxygens (including phenoxy) is 1. The molecule has 1 fully saturated rings. The van der Waals surface area contributed by atoms with Crippen LogP contribution in [-0.2, 0) is 6.54 Å². The van der Waals surface area contributed by atoms with Gasteiger partial charge in [0.25, 0.3) is 0 Å². The standard InChI is InChI=1S/C23H27BrF3N5O/c1-31(2)21-18-5-3-4-6-19(18)29-22(28,30-21)16-9-11-32(12-10-16)14-15-7-8-17(24)13-20(15)33-23(25,26)27/h3-8,13,16,29H,9-12,14,28H2,1-2H3. The molecule has 1 atom stereocenters. The van der Waals surface area contributed by atoms with E-state index >= 15 is 0 Å². The summed E-state index contributed by atoms with van der Waals surface area (Å²) in [7, 11) is 3.89. The molecular weight excluding hydrogens is 499 g/mol. The number of halogens is 4. The molecule has 3 N–H and O–H groups in total. The van der Waals surface area contributed by atoms with Crippen LogP contribution in [0.15, 0.2) is 51.9 Å². The third kappa shape index (κ3) is 5.44. The van der Waals surface area contributed by atoms with Gasteiger partial charge >= 0.3 is 6.36 Å². The van der Waals surface area contributed by atoms with Crippen molar-refractivity contribution < 1.29 is 17.9 Å². The van der Waals surface area contributed by atoms with Gasteiger partial charge in [0.2, 0.25) is 0 Å². The number of hydrogen-bond acceptors (Lipinski definition) is 6. The first kappa shape index (κ1) is 23.8. The Morgan fingerprint density at radius 3 is 2.58 bits per heavy atom. The smallest absolute Gasteiger partial charge is 0.405 e. The lowest BCUT2D eigenvalue weighted by molar-refractivity contribution is -0.275. The minimum Gasteiger partial charge on any atom is -0.405 e. The van der Waals surface area contributed by atoms with Crippen LogP contribution in [0.5, 0.6) is 5.75 Å². The highest BCUT2D eigenvalue weighted by atomic mass is 79.9. The SMILES string of the molecule is CN(C)C1=NC(N)(C2CCN(Cc3ccc(Br)cc3OC(F)(F)F)CC2)Nc2ccccc21. The Morgan fingerprint density at radius 2 is 1.91 bits per heavy atom. The zero-order valence-corrected chi connectivity index (χ0v) is 20.1. The molecule has 0 amide bonds. The number of nitrogens with two attached hydrogens (primary N) is 1. The van der Waals surface area contributed by atoms with Gasteiger partial charge in [0, 0.05) is 47.8 Å². The number of piperidine rings is 1. The average Bonchev–Trinajstić information content (AvgIpc) is 2.74. The molecule has 2 aromatic carbocycles. The van der Waals surface area contributed by atoms with Crippen molar-refractivity contribution in [2.24, 2.45) is 16.6 Å². The number of para-hydroxylation sites is 1. The maximum Gasteiger partial charge on any atom is 0.573 e. The van der Waals surface area contributed by atoms with Crippen LogP contribution in [0.2, 0.25) is 0 Å². The molecule has 0 aromatic heterocycles. The van der Waals surface area contributed by atoms with Crippen molar-refractivity contribution in [2.75, 3.05) is 32.5 Å². The molecule has 1 saturated heterocycles. The van der Waals surface area contributed by atoms with Crippen molar-refractivity contribution in [3.05, 3.63) is 58.1 Å². The molecule has 2 aromatic rings. The first-order chi connectivity index (χ1) is 15.5. The number of alkyl halides is 3. The lowest BCUT2D eigenvalue weighted by Gasteiger charge is -2.44. The predicted molar refractivity (Wildman–Crippen MR) is 126 cm³/mol. The monoisotopic (exact) mass is 525 g/mol. The molecule has 2 heterocycles. The summed E-state index contributed by atoms with van der Waals surface area (Å²) in [4.78, 5) is 8.98. The number of rotatable bonds is 4. The molecule has 6 nitrogen and oxygen atoms in total. The Bertz CT molecular complexity index is 1040. The van der Waals surface area contributed by atoms with Gasteiger partial charge in [-0.05, 0) is 50.2 Å². The zero-order chi connectivity index (χ0) is 23.8. The molecule has 2 aliphatic rings. The first-order valence-corrected chi connectivity index (χ1v) is 11.5. The molecule has 1 unspecified atom stereocenters. The summed E-state index contributed by atoms with van der Waals surface area (Å²) in [6.07, 6.45) is -3.21. The summed E-state index contributed by atoms with van der Waals surface area (Å²) in [5, 5.41) is 3.43. The van der Waals surface area contributed by atoms with E-state index in [1.165, 1.54) is 6.07 Å². The summed E-state index contributed by atoms with van der Waals surface area (Å²) in [6.45, 7) is 1.76. The number of nitrogens with one attached hydrogen (secondary N) is 1. The van der Waals surface area contributed by atoms with Crippen LogP contribution < -0.4 is 15.8 Å². The number of fused-ring (bicyclic) bond motifs is 1. The van der Waals surface area contributed by atoms with E-state index in [9.17, 15) is 13.2 Å². The van der Waals surface area contributed by atoms with E-state index in [0.29, 0.717) is 29.7 Å². The van der Waals surface area contributed by atoms with Gasteiger partial charge in [0.05, 0.1) is 0 Å². The molecule has 0 aliphatic carbocycles. The summed E-state index contributed by atoms with van der Waals surface area (Å²) in [5.74, 6) is -0.214. The highest BCUT2D eigenvalue weighted by molar-refractivity contribution is 9.10. The molecule has 10 heteroatoms. The van der Waals surface area contributed by atoms with Crippen LogP contribution in [0.3, 0.4) is 0 Å². The van der Waals surface area contributed by atoms with Gasteiger partial charge in [0.1, 0.15) is 11.6 Å². The Hall–Kier alpha value is -2.30. The number of hydrogen-bond donors (Lipinski definition) is 2. The number of aliphatic imine (C=N–C) groups is 1. The minimum absolute atomic E-state index is 0.0767.